The first-order valence-electron chi connectivity index (χ1n) is 5.68. The molecule has 2 N–H and O–H groups in total. The Labute approximate surface area is 118 Å². The molecule has 0 radical (unpaired) electrons. The van der Waals surface area contributed by atoms with Crippen LogP contribution < -0.4 is 5.32 Å². The lowest BCUT2D eigenvalue weighted by molar-refractivity contribution is 0.103. The fourth-order valence-electron chi connectivity index (χ4n) is 1.77. The zero-order valence-corrected chi connectivity index (χ0v) is 11.8. The highest BCUT2D eigenvalue weighted by molar-refractivity contribution is 7.12. The lowest BCUT2D eigenvalue weighted by Gasteiger charge is -2.04. The average molecular weight is 289 g/mol. The molecular formula is C13H11N3OS2. The van der Waals surface area contributed by atoms with E-state index in [2.05, 4.69) is 15.5 Å². The van der Waals surface area contributed by atoms with Crippen molar-refractivity contribution in [2.75, 3.05) is 5.32 Å². The number of anilines is 1. The number of aromatic nitrogens is 2. The molecule has 0 saturated heterocycles. The van der Waals surface area contributed by atoms with Gasteiger partial charge in [0.05, 0.1) is 16.3 Å². The molecule has 6 heteroatoms. The number of aromatic amines is 1. The first-order chi connectivity index (χ1) is 9.25. The van der Waals surface area contributed by atoms with Gasteiger partial charge in [-0.3, -0.25) is 9.89 Å². The maximum absolute atomic E-state index is 12.1. The Bertz CT molecular complexity index is 684. The Morgan fingerprint density at radius 2 is 2.26 bits per heavy atom. The maximum Gasteiger partial charge on any atom is 0.265 e. The lowest BCUT2D eigenvalue weighted by atomic mass is 10.2. The normalized spacial score (nSPS) is 10.6. The number of hydrogen-bond acceptors (Lipinski definition) is 4. The molecule has 0 aliphatic rings. The SMILES string of the molecule is Cc1[nH]nc(-c2ccsc2)c1NC(=O)c1cccs1. The van der Waals surface area contributed by atoms with Crippen LogP contribution in [0.2, 0.25) is 0 Å². The summed E-state index contributed by atoms with van der Waals surface area (Å²) in [6.07, 6.45) is 0. The highest BCUT2D eigenvalue weighted by atomic mass is 32.1. The van der Waals surface area contributed by atoms with Gasteiger partial charge in [0.1, 0.15) is 5.69 Å². The van der Waals surface area contributed by atoms with Crippen LogP contribution in [-0.4, -0.2) is 16.1 Å². The number of thiophene rings is 2. The standard InChI is InChI=1S/C13H11N3OS2/c1-8-11(14-13(17)10-3-2-5-19-10)12(16-15-8)9-4-6-18-7-9/h2-7H,1H3,(H,14,17)(H,15,16). The molecule has 96 valence electrons. The van der Waals surface area contributed by atoms with Crippen LogP contribution in [-0.2, 0) is 0 Å². The van der Waals surface area contributed by atoms with Gasteiger partial charge in [-0.25, -0.2) is 0 Å². The van der Waals surface area contributed by atoms with Crippen LogP contribution in [0.15, 0.2) is 34.3 Å². The van der Waals surface area contributed by atoms with Crippen LogP contribution in [0.25, 0.3) is 11.3 Å². The van der Waals surface area contributed by atoms with Crippen molar-refractivity contribution >= 4 is 34.3 Å². The van der Waals surface area contributed by atoms with Crippen LogP contribution in [0.4, 0.5) is 5.69 Å². The largest absolute Gasteiger partial charge is 0.318 e. The molecule has 0 bridgehead atoms. The van der Waals surface area contributed by atoms with Gasteiger partial charge in [0.25, 0.3) is 5.91 Å². The Kier molecular flexibility index (Phi) is 3.18. The monoisotopic (exact) mass is 289 g/mol. The molecule has 3 aromatic heterocycles. The zero-order chi connectivity index (χ0) is 13.2. The molecule has 0 fully saturated rings. The van der Waals surface area contributed by atoms with Crippen molar-refractivity contribution in [3.63, 3.8) is 0 Å². The highest BCUT2D eigenvalue weighted by Crippen LogP contribution is 2.30. The number of H-pyrrole nitrogens is 1. The van der Waals surface area contributed by atoms with E-state index >= 15 is 0 Å². The van der Waals surface area contributed by atoms with Gasteiger partial charge in [0.2, 0.25) is 0 Å². The molecule has 3 heterocycles. The van der Waals surface area contributed by atoms with Crippen LogP contribution in [0.1, 0.15) is 15.4 Å². The van der Waals surface area contributed by atoms with Gasteiger partial charge in [-0.1, -0.05) is 6.07 Å². The molecule has 0 aliphatic carbocycles. The Morgan fingerprint density at radius 3 is 2.95 bits per heavy atom. The van der Waals surface area contributed by atoms with Gasteiger partial charge in [-0.15, -0.1) is 11.3 Å². The highest BCUT2D eigenvalue weighted by Gasteiger charge is 2.16. The number of carbonyl (C=O) groups excluding carboxylic acids is 1. The van der Waals surface area contributed by atoms with Gasteiger partial charge in [-0.2, -0.15) is 16.4 Å². The van der Waals surface area contributed by atoms with E-state index in [-0.39, 0.29) is 5.91 Å². The summed E-state index contributed by atoms with van der Waals surface area (Å²) in [5.41, 5.74) is 3.39. The first kappa shape index (κ1) is 12.1. The first-order valence-corrected chi connectivity index (χ1v) is 7.50. The third-order valence-electron chi connectivity index (χ3n) is 2.73. The third-order valence-corrected chi connectivity index (χ3v) is 4.28. The van der Waals surface area contributed by atoms with Crippen molar-refractivity contribution in [3.8, 4) is 11.3 Å². The third kappa shape index (κ3) is 2.32. The van der Waals surface area contributed by atoms with E-state index in [1.807, 2.05) is 35.2 Å². The molecule has 0 unspecified atom stereocenters. The lowest BCUT2D eigenvalue weighted by Crippen LogP contribution is -2.11. The minimum atomic E-state index is -0.101. The number of hydrogen-bond donors (Lipinski definition) is 2. The number of nitrogens with zero attached hydrogens (tertiary/aromatic N) is 1. The Balaban J connectivity index is 1.93. The van der Waals surface area contributed by atoms with Crippen LogP contribution in [0, 0.1) is 6.92 Å². The second-order valence-electron chi connectivity index (χ2n) is 4.02. The quantitative estimate of drug-likeness (QED) is 0.771. The van der Waals surface area contributed by atoms with Crippen molar-refractivity contribution < 1.29 is 4.79 Å². The van der Waals surface area contributed by atoms with E-state index in [0.717, 1.165) is 22.6 Å². The smallest absolute Gasteiger partial charge is 0.265 e. The summed E-state index contributed by atoms with van der Waals surface area (Å²) in [5.74, 6) is -0.101. The summed E-state index contributed by atoms with van der Waals surface area (Å²) in [6, 6.07) is 5.66. The van der Waals surface area contributed by atoms with Crippen LogP contribution >= 0.6 is 22.7 Å². The van der Waals surface area contributed by atoms with Gasteiger partial charge in [0, 0.05) is 10.9 Å². The summed E-state index contributed by atoms with van der Waals surface area (Å²) < 4.78 is 0. The van der Waals surface area contributed by atoms with Crippen LogP contribution in [0.5, 0.6) is 0 Å². The minimum absolute atomic E-state index is 0.101. The molecule has 3 aromatic rings. The zero-order valence-electron chi connectivity index (χ0n) is 10.1. The Hall–Kier alpha value is -1.92. The van der Waals surface area contributed by atoms with Crippen molar-refractivity contribution in [1.29, 1.82) is 0 Å². The second-order valence-corrected chi connectivity index (χ2v) is 5.74. The number of aryl methyl sites for hydroxylation is 1. The van der Waals surface area contributed by atoms with Crippen molar-refractivity contribution in [3.05, 3.63) is 44.9 Å². The number of nitrogens with one attached hydrogen (secondary N) is 2. The number of carbonyl (C=O) groups is 1. The molecule has 0 aliphatic heterocycles. The van der Waals surface area contributed by atoms with E-state index in [1.165, 1.54) is 11.3 Å². The predicted octanol–water partition coefficient (Wildman–Crippen LogP) is 3.76. The summed E-state index contributed by atoms with van der Waals surface area (Å²) in [7, 11) is 0. The van der Waals surface area contributed by atoms with E-state index in [0.29, 0.717) is 4.88 Å². The molecule has 0 aromatic carbocycles. The van der Waals surface area contributed by atoms with Gasteiger partial charge in [0.15, 0.2) is 0 Å². The summed E-state index contributed by atoms with van der Waals surface area (Å²) in [6.45, 7) is 1.90. The molecule has 3 rings (SSSR count). The summed E-state index contributed by atoms with van der Waals surface area (Å²) in [5, 5.41) is 16.0. The fraction of sp³-hybridized carbons (Fsp3) is 0.0769. The molecule has 0 saturated carbocycles. The molecule has 0 spiro atoms. The predicted molar refractivity (Wildman–Crippen MR) is 78.9 cm³/mol. The molecule has 4 nitrogen and oxygen atoms in total. The van der Waals surface area contributed by atoms with E-state index in [4.69, 9.17) is 0 Å². The molecule has 0 atom stereocenters. The minimum Gasteiger partial charge on any atom is -0.318 e. The molecular weight excluding hydrogens is 278 g/mol. The van der Waals surface area contributed by atoms with Crippen molar-refractivity contribution in [1.82, 2.24) is 10.2 Å². The van der Waals surface area contributed by atoms with Crippen LogP contribution in [0.3, 0.4) is 0 Å². The average Bonchev–Trinajstić information content (AvgIpc) is 3.10. The van der Waals surface area contributed by atoms with E-state index in [1.54, 1.807) is 17.4 Å². The summed E-state index contributed by atoms with van der Waals surface area (Å²) in [4.78, 5) is 12.8. The van der Waals surface area contributed by atoms with E-state index < -0.39 is 0 Å². The van der Waals surface area contributed by atoms with Crippen molar-refractivity contribution in [2.45, 2.75) is 6.92 Å². The van der Waals surface area contributed by atoms with Gasteiger partial charge < -0.3 is 5.32 Å². The topological polar surface area (TPSA) is 57.8 Å². The van der Waals surface area contributed by atoms with Gasteiger partial charge in [-0.05, 0) is 29.8 Å². The van der Waals surface area contributed by atoms with Crippen molar-refractivity contribution in [2.24, 2.45) is 0 Å². The number of amides is 1. The molecule has 1 amide bonds. The Morgan fingerprint density at radius 1 is 1.37 bits per heavy atom. The maximum atomic E-state index is 12.1. The fourth-order valence-corrected chi connectivity index (χ4v) is 3.03. The molecule has 19 heavy (non-hydrogen) atoms. The van der Waals surface area contributed by atoms with E-state index in [9.17, 15) is 4.79 Å². The summed E-state index contributed by atoms with van der Waals surface area (Å²) >= 11 is 3.03. The number of rotatable bonds is 3. The second kappa shape index (κ2) is 4.99. The van der Waals surface area contributed by atoms with Gasteiger partial charge >= 0.3 is 0 Å².